The summed E-state index contributed by atoms with van der Waals surface area (Å²) < 4.78 is 5.95. The molecule has 3 heteroatoms. The van der Waals surface area contributed by atoms with Crippen molar-refractivity contribution in [2.24, 2.45) is 0 Å². The van der Waals surface area contributed by atoms with Crippen molar-refractivity contribution in [3.63, 3.8) is 0 Å². The van der Waals surface area contributed by atoms with Crippen LogP contribution in [0.25, 0.3) is 0 Å². The predicted octanol–water partition coefficient (Wildman–Crippen LogP) is 4.37. The van der Waals surface area contributed by atoms with Gasteiger partial charge in [-0.05, 0) is 24.6 Å². The molecule has 0 aromatic heterocycles. The summed E-state index contributed by atoms with van der Waals surface area (Å²) in [6, 6.07) is 0. The van der Waals surface area contributed by atoms with Crippen LogP contribution in [0.1, 0.15) is 40.5 Å². The Morgan fingerprint density at radius 1 is 1.31 bits per heavy atom. The molecular formula is C10H23ClOSi. The van der Waals surface area contributed by atoms with Crippen LogP contribution in [0.15, 0.2) is 0 Å². The normalized spacial score (nSPS) is 15.9. The van der Waals surface area contributed by atoms with Crippen LogP contribution in [-0.2, 0) is 4.43 Å². The minimum absolute atomic E-state index is 0.0918. The van der Waals surface area contributed by atoms with Gasteiger partial charge in [0.05, 0.1) is 0 Å². The van der Waals surface area contributed by atoms with E-state index < -0.39 is 8.32 Å². The van der Waals surface area contributed by atoms with Crippen LogP contribution >= 0.6 is 11.6 Å². The van der Waals surface area contributed by atoms with Crippen LogP contribution < -0.4 is 0 Å². The Balaban J connectivity index is 4.17. The fraction of sp³-hybridized carbons (Fsp3) is 1.00. The average molecular weight is 223 g/mol. The molecule has 0 rings (SSSR count). The number of hydrogen-bond acceptors (Lipinski definition) is 1. The Bertz CT molecular complexity index is 151. The number of alkyl halides is 1. The second-order valence-corrected chi connectivity index (χ2v) is 10.3. The maximum atomic E-state index is 6.08. The van der Waals surface area contributed by atoms with Gasteiger partial charge in [-0.2, -0.15) is 0 Å². The zero-order chi connectivity index (χ0) is 10.7. The van der Waals surface area contributed by atoms with E-state index in [1.54, 1.807) is 0 Å². The van der Waals surface area contributed by atoms with Crippen molar-refractivity contribution in [2.75, 3.05) is 0 Å². The van der Waals surface area contributed by atoms with Gasteiger partial charge in [-0.25, -0.2) is 0 Å². The molecule has 0 heterocycles. The molecule has 1 nitrogen and oxygen atoms in total. The standard InChI is InChI=1S/C10H23ClOSi/c1-7-8-9(11)12-13(5,6)10(2,3)4/h9H,7-8H2,1-6H3. The van der Waals surface area contributed by atoms with Crippen molar-refractivity contribution in [1.82, 2.24) is 0 Å². The van der Waals surface area contributed by atoms with E-state index >= 15 is 0 Å². The summed E-state index contributed by atoms with van der Waals surface area (Å²) in [7, 11) is -1.64. The van der Waals surface area contributed by atoms with Crippen molar-refractivity contribution >= 4 is 19.9 Å². The molecule has 0 saturated carbocycles. The van der Waals surface area contributed by atoms with Crippen LogP contribution in [0.5, 0.6) is 0 Å². The summed E-state index contributed by atoms with van der Waals surface area (Å²) in [4.78, 5) is 0. The molecule has 0 bridgehead atoms. The minimum Gasteiger partial charge on any atom is -0.401 e. The molecule has 0 amide bonds. The van der Waals surface area contributed by atoms with E-state index in [-0.39, 0.29) is 10.6 Å². The highest BCUT2D eigenvalue weighted by Gasteiger charge is 2.38. The van der Waals surface area contributed by atoms with Crippen molar-refractivity contribution in [3.05, 3.63) is 0 Å². The molecule has 0 radical (unpaired) electrons. The molecule has 0 aromatic rings. The summed E-state index contributed by atoms with van der Waals surface area (Å²) in [5.74, 6) is 0. The lowest BCUT2D eigenvalue weighted by atomic mass is 10.2. The molecule has 0 N–H and O–H groups in total. The number of halogens is 1. The third kappa shape index (κ3) is 4.48. The molecule has 0 aliphatic heterocycles. The van der Waals surface area contributed by atoms with Gasteiger partial charge in [0.15, 0.2) is 8.32 Å². The molecule has 13 heavy (non-hydrogen) atoms. The van der Waals surface area contributed by atoms with E-state index in [1.807, 2.05) is 0 Å². The molecule has 0 aliphatic rings. The average Bonchev–Trinajstić information content (AvgIpc) is 1.83. The van der Waals surface area contributed by atoms with E-state index in [9.17, 15) is 0 Å². The third-order valence-electron chi connectivity index (χ3n) is 2.74. The van der Waals surface area contributed by atoms with Crippen molar-refractivity contribution in [3.8, 4) is 0 Å². The van der Waals surface area contributed by atoms with Crippen molar-refractivity contribution in [2.45, 2.75) is 64.2 Å². The van der Waals surface area contributed by atoms with Crippen molar-refractivity contribution < 1.29 is 4.43 Å². The number of rotatable bonds is 4. The zero-order valence-corrected chi connectivity index (χ0v) is 11.5. The SMILES string of the molecule is CCCC(Cl)O[Si](C)(C)C(C)(C)C. The molecule has 0 aliphatic carbocycles. The fourth-order valence-corrected chi connectivity index (χ4v) is 2.78. The lowest BCUT2D eigenvalue weighted by Crippen LogP contribution is -2.42. The van der Waals surface area contributed by atoms with Gasteiger partial charge in [0.2, 0.25) is 0 Å². The maximum Gasteiger partial charge on any atom is 0.194 e. The number of hydrogen-bond donors (Lipinski definition) is 0. The molecule has 0 aromatic carbocycles. The summed E-state index contributed by atoms with van der Waals surface area (Å²) in [5, 5.41) is 0.258. The predicted molar refractivity (Wildman–Crippen MR) is 62.8 cm³/mol. The van der Waals surface area contributed by atoms with Gasteiger partial charge in [-0.3, -0.25) is 0 Å². The van der Waals surface area contributed by atoms with E-state index in [1.165, 1.54) is 0 Å². The van der Waals surface area contributed by atoms with Gasteiger partial charge in [0, 0.05) is 0 Å². The maximum absolute atomic E-state index is 6.08. The highest BCUT2D eigenvalue weighted by Crippen LogP contribution is 2.38. The first-order chi connectivity index (χ1) is 5.70. The Labute approximate surface area is 88.9 Å². The van der Waals surface area contributed by atoms with E-state index in [2.05, 4.69) is 40.8 Å². The Hall–Kier alpha value is 0.467. The monoisotopic (exact) mass is 222 g/mol. The van der Waals surface area contributed by atoms with Crippen LogP contribution in [0.4, 0.5) is 0 Å². The first kappa shape index (κ1) is 13.5. The Morgan fingerprint density at radius 2 is 1.77 bits per heavy atom. The summed E-state index contributed by atoms with van der Waals surface area (Å²) in [6.07, 6.45) is 2.04. The fourth-order valence-electron chi connectivity index (χ4n) is 0.782. The van der Waals surface area contributed by atoms with E-state index in [0.717, 1.165) is 12.8 Å². The van der Waals surface area contributed by atoms with Crippen LogP contribution in [-0.4, -0.2) is 13.9 Å². The molecule has 0 spiro atoms. The first-order valence-electron chi connectivity index (χ1n) is 5.02. The zero-order valence-electron chi connectivity index (χ0n) is 9.78. The van der Waals surface area contributed by atoms with Crippen molar-refractivity contribution in [1.29, 1.82) is 0 Å². The lowest BCUT2D eigenvalue weighted by Gasteiger charge is -2.37. The lowest BCUT2D eigenvalue weighted by molar-refractivity contribution is 0.243. The van der Waals surface area contributed by atoms with Crippen LogP contribution in [0.2, 0.25) is 18.1 Å². The van der Waals surface area contributed by atoms with Crippen LogP contribution in [0, 0.1) is 0 Å². The molecule has 1 atom stereocenters. The van der Waals surface area contributed by atoms with Gasteiger partial charge < -0.3 is 4.43 Å². The first-order valence-corrected chi connectivity index (χ1v) is 8.37. The summed E-state index contributed by atoms with van der Waals surface area (Å²) >= 11 is 6.08. The highest BCUT2D eigenvalue weighted by molar-refractivity contribution is 6.74. The highest BCUT2D eigenvalue weighted by atomic mass is 35.5. The van der Waals surface area contributed by atoms with Gasteiger partial charge in [0.1, 0.15) is 5.56 Å². The molecule has 0 saturated heterocycles. The summed E-state index contributed by atoms with van der Waals surface area (Å²) in [6.45, 7) is 13.3. The largest absolute Gasteiger partial charge is 0.401 e. The molecule has 80 valence electrons. The third-order valence-corrected chi connectivity index (χ3v) is 7.69. The van der Waals surface area contributed by atoms with Crippen LogP contribution in [0.3, 0.4) is 0 Å². The van der Waals surface area contributed by atoms with Gasteiger partial charge in [-0.15, -0.1) is 0 Å². The topological polar surface area (TPSA) is 9.23 Å². The van der Waals surface area contributed by atoms with E-state index in [0.29, 0.717) is 0 Å². The molecule has 1 unspecified atom stereocenters. The Morgan fingerprint density at radius 3 is 2.08 bits per heavy atom. The quantitative estimate of drug-likeness (QED) is 0.507. The smallest absolute Gasteiger partial charge is 0.194 e. The van der Waals surface area contributed by atoms with Gasteiger partial charge in [0.25, 0.3) is 0 Å². The second-order valence-electron chi connectivity index (χ2n) is 5.08. The van der Waals surface area contributed by atoms with Gasteiger partial charge in [-0.1, -0.05) is 45.7 Å². The summed E-state index contributed by atoms with van der Waals surface area (Å²) in [5.41, 5.74) is -0.0918. The van der Waals surface area contributed by atoms with Gasteiger partial charge >= 0.3 is 0 Å². The van der Waals surface area contributed by atoms with E-state index in [4.69, 9.17) is 16.0 Å². The minimum atomic E-state index is -1.64. The second kappa shape index (κ2) is 4.81. The Kier molecular flexibility index (Phi) is 4.98. The molecule has 0 fully saturated rings. The molecular weight excluding hydrogens is 200 g/mol.